The fourth-order valence-electron chi connectivity index (χ4n) is 8.87. The van der Waals surface area contributed by atoms with E-state index in [9.17, 15) is 0 Å². The van der Waals surface area contributed by atoms with E-state index < -0.39 is 0 Å². The van der Waals surface area contributed by atoms with Crippen molar-refractivity contribution in [3.8, 4) is 27.9 Å². The molecule has 0 unspecified atom stereocenters. The van der Waals surface area contributed by atoms with E-state index >= 15 is 0 Å². The minimum atomic E-state index is 0.860. The van der Waals surface area contributed by atoms with Gasteiger partial charge in [0, 0.05) is 50.4 Å². The number of hydrogen-bond donors (Lipinski definition) is 0. The van der Waals surface area contributed by atoms with Gasteiger partial charge in [0.05, 0.1) is 10.9 Å². The zero-order valence-electron chi connectivity index (χ0n) is 31.3. The van der Waals surface area contributed by atoms with Crippen molar-refractivity contribution in [1.82, 2.24) is 4.57 Å². The molecule has 9 aromatic carbocycles. The van der Waals surface area contributed by atoms with Crippen molar-refractivity contribution in [3.63, 3.8) is 0 Å². The summed E-state index contributed by atoms with van der Waals surface area (Å²) in [6.45, 7) is 0. The first kappa shape index (κ1) is 32.4. The van der Waals surface area contributed by atoms with Gasteiger partial charge in [0.15, 0.2) is 0 Å². The van der Waals surface area contributed by atoms with E-state index in [0.29, 0.717) is 0 Å². The number of furan rings is 2. The monoisotopic (exact) mass is 742 g/mol. The van der Waals surface area contributed by atoms with Crippen molar-refractivity contribution in [3.05, 3.63) is 206 Å². The summed E-state index contributed by atoms with van der Waals surface area (Å²) in [6.07, 6.45) is 0. The van der Waals surface area contributed by atoms with Gasteiger partial charge in [0.25, 0.3) is 0 Å². The summed E-state index contributed by atoms with van der Waals surface area (Å²) in [7, 11) is 0. The molecule has 0 radical (unpaired) electrons. The lowest BCUT2D eigenvalue weighted by Crippen LogP contribution is -2.09. The van der Waals surface area contributed by atoms with E-state index in [1.807, 2.05) is 30.3 Å². The second-order valence-corrected chi connectivity index (χ2v) is 14.9. The number of nitrogens with zero attached hydrogens (tertiary/aromatic N) is 2. The first-order valence-corrected chi connectivity index (χ1v) is 19.7. The maximum Gasteiger partial charge on any atom is 0.213 e. The lowest BCUT2D eigenvalue weighted by molar-refractivity contribution is 0.645. The lowest BCUT2D eigenvalue weighted by atomic mass is 9.98. The van der Waals surface area contributed by atoms with Gasteiger partial charge in [-0.3, -0.25) is 4.57 Å². The largest absolute Gasteiger partial charge is 0.456 e. The van der Waals surface area contributed by atoms with Gasteiger partial charge in [0.1, 0.15) is 16.7 Å². The molecule has 272 valence electrons. The molecule has 0 N–H and O–H groups in total. The van der Waals surface area contributed by atoms with E-state index in [2.05, 4.69) is 185 Å². The molecule has 58 heavy (non-hydrogen) atoms. The van der Waals surface area contributed by atoms with Crippen LogP contribution in [0, 0.1) is 0 Å². The van der Waals surface area contributed by atoms with Gasteiger partial charge < -0.3 is 13.7 Å². The highest BCUT2D eigenvalue weighted by molar-refractivity contribution is 6.20. The molecule has 3 heterocycles. The van der Waals surface area contributed by atoms with Gasteiger partial charge in [-0.1, -0.05) is 127 Å². The standard InChI is InChI=1S/C54H34N2O2/c1-2-13-39(14-3-1)56-49-32-25-38(33-48(49)53-47-17-7-9-20-51(47)58-54(53)56)35-21-26-40(27-22-35)55(42-30-31-46-45-16-6-8-19-50(45)57-52(46)34-42)41-28-23-37(24-29-41)44-18-10-12-36-11-4-5-15-43(36)44/h1-34H. The summed E-state index contributed by atoms with van der Waals surface area (Å²) in [5.74, 6) is 0. The van der Waals surface area contributed by atoms with Crippen LogP contribution >= 0.6 is 0 Å². The Labute approximate surface area is 334 Å². The minimum absolute atomic E-state index is 0.860. The molecule has 0 aliphatic carbocycles. The average molecular weight is 743 g/mol. The number of rotatable bonds is 6. The average Bonchev–Trinajstić information content (AvgIpc) is 3.95. The second-order valence-electron chi connectivity index (χ2n) is 14.9. The number of anilines is 3. The molecule has 0 saturated carbocycles. The van der Waals surface area contributed by atoms with Gasteiger partial charge >= 0.3 is 0 Å². The van der Waals surface area contributed by atoms with Crippen LogP contribution in [-0.4, -0.2) is 4.57 Å². The quantitative estimate of drug-likeness (QED) is 0.170. The predicted octanol–water partition coefficient (Wildman–Crippen LogP) is 15.4. The topological polar surface area (TPSA) is 34.5 Å². The summed E-state index contributed by atoms with van der Waals surface area (Å²) >= 11 is 0. The fourth-order valence-corrected chi connectivity index (χ4v) is 8.87. The Morgan fingerprint density at radius 1 is 0.362 bits per heavy atom. The molecule has 4 nitrogen and oxygen atoms in total. The van der Waals surface area contributed by atoms with Crippen LogP contribution in [-0.2, 0) is 0 Å². The van der Waals surface area contributed by atoms with Crippen molar-refractivity contribution in [2.24, 2.45) is 0 Å². The molecule has 12 rings (SSSR count). The highest BCUT2D eigenvalue weighted by Crippen LogP contribution is 2.43. The summed E-state index contributed by atoms with van der Waals surface area (Å²) in [4.78, 5) is 2.31. The summed E-state index contributed by atoms with van der Waals surface area (Å²) in [6, 6.07) is 73.2. The third kappa shape index (κ3) is 5.09. The summed E-state index contributed by atoms with van der Waals surface area (Å²) in [5.41, 5.74) is 13.5. The predicted molar refractivity (Wildman–Crippen MR) is 241 cm³/mol. The Kier molecular flexibility index (Phi) is 7.20. The Balaban J connectivity index is 0.977. The summed E-state index contributed by atoms with van der Waals surface area (Å²) in [5, 5.41) is 8.13. The van der Waals surface area contributed by atoms with Crippen LogP contribution in [0.3, 0.4) is 0 Å². The molecule has 4 heteroatoms. The summed E-state index contributed by atoms with van der Waals surface area (Å²) < 4.78 is 15.2. The Morgan fingerprint density at radius 2 is 0.966 bits per heavy atom. The van der Waals surface area contributed by atoms with Crippen LogP contribution in [0.5, 0.6) is 0 Å². The van der Waals surface area contributed by atoms with Gasteiger partial charge in [-0.2, -0.15) is 0 Å². The SMILES string of the molecule is c1ccc(-n2c3ccc(-c4ccc(N(c5ccc(-c6cccc7ccccc67)cc5)c5ccc6c(c5)oc5ccccc56)cc4)cc3c3c4ccccc4oc32)cc1. The lowest BCUT2D eigenvalue weighted by Gasteiger charge is -2.26. The highest BCUT2D eigenvalue weighted by atomic mass is 16.3. The van der Waals surface area contributed by atoms with Gasteiger partial charge in [-0.25, -0.2) is 0 Å². The Morgan fingerprint density at radius 3 is 1.76 bits per heavy atom. The number of benzene rings is 9. The Bertz CT molecular complexity index is 3490. The van der Waals surface area contributed by atoms with Crippen molar-refractivity contribution in [2.45, 2.75) is 0 Å². The molecule has 0 amide bonds. The number of hydrogen-bond acceptors (Lipinski definition) is 3. The third-order valence-electron chi connectivity index (χ3n) is 11.6. The molecule has 0 aliphatic heterocycles. The molecular formula is C54H34N2O2. The molecule has 0 aliphatic rings. The minimum Gasteiger partial charge on any atom is -0.456 e. The zero-order chi connectivity index (χ0) is 38.2. The van der Waals surface area contributed by atoms with E-state index in [0.717, 1.165) is 88.8 Å². The molecule has 0 bridgehead atoms. The second kappa shape index (κ2) is 12.9. The smallest absolute Gasteiger partial charge is 0.213 e. The van der Waals surface area contributed by atoms with Crippen LogP contribution in [0.1, 0.15) is 0 Å². The van der Waals surface area contributed by atoms with Crippen molar-refractivity contribution in [1.29, 1.82) is 0 Å². The first-order chi connectivity index (χ1) is 28.7. The Hall–Kier alpha value is -7.82. The van der Waals surface area contributed by atoms with E-state index in [4.69, 9.17) is 8.83 Å². The van der Waals surface area contributed by atoms with Crippen LogP contribution < -0.4 is 4.90 Å². The molecular weight excluding hydrogens is 709 g/mol. The third-order valence-corrected chi connectivity index (χ3v) is 11.6. The molecule has 12 aromatic rings. The van der Waals surface area contributed by atoms with E-state index in [-0.39, 0.29) is 0 Å². The van der Waals surface area contributed by atoms with Crippen molar-refractivity contribution >= 4 is 82.7 Å². The van der Waals surface area contributed by atoms with Gasteiger partial charge in [0.2, 0.25) is 5.71 Å². The zero-order valence-corrected chi connectivity index (χ0v) is 31.3. The molecule has 0 fully saturated rings. The molecule has 3 aromatic heterocycles. The van der Waals surface area contributed by atoms with Crippen LogP contribution in [0.2, 0.25) is 0 Å². The van der Waals surface area contributed by atoms with E-state index in [1.165, 1.54) is 21.9 Å². The van der Waals surface area contributed by atoms with Crippen LogP contribution in [0.15, 0.2) is 215 Å². The van der Waals surface area contributed by atoms with Crippen LogP contribution in [0.4, 0.5) is 17.1 Å². The van der Waals surface area contributed by atoms with Crippen LogP contribution in [0.25, 0.3) is 93.6 Å². The fraction of sp³-hybridized carbons (Fsp3) is 0. The number of fused-ring (bicyclic) bond motifs is 9. The molecule has 0 saturated heterocycles. The maximum absolute atomic E-state index is 6.54. The van der Waals surface area contributed by atoms with E-state index in [1.54, 1.807) is 0 Å². The molecule has 0 spiro atoms. The number of aromatic nitrogens is 1. The van der Waals surface area contributed by atoms with Crippen molar-refractivity contribution in [2.75, 3.05) is 4.90 Å². The highest BCUT2D eigenvalue weighted by Gasteiger charge is 2.21. The first-order valence-electron chi connectivity index (χ1n) is 19.7. The molecule has 0 atom stereocenters. The van der Waals surface area contributed by atoms with Gasteiger partial charge in [-0.15, -0.1) is 0 Å². The van der Waals surface area contributed by atoms with Gasteiger partial charge in [-0.05, 0) is 106 Å². The normalized spacial score (nSPS) is 11.8. The maximum atomic E-state index is 6.54. The van der Waals surface area contributed by atoms with Crippen molar-refractivity contribution < 1.29 is 8.83 Å². The number of para-hydroxylation sites is 3.